The zero-order chi connectivity index (χ0) is 19.1. The summed E-state index contributed by atoms with van der Waals surface area (Å²) in [5, 5.41) is 4.09. The van der Waals surface area contributed by atoms with Gasteiger partial charge in [0.1, 0.15) is 17.8 Å². The molecule has 7 nitrogen and oxygen atoms in total. The van der Waals surface area contributed by atoms with Crippen LogP contribution in [0.4, 0.5) is 20.3 Å². The number of fused-ring (bicyclic) bond motifs is 1. The van der Waals surface area contributed by atoms with E-state index in [1.54, 1.807) is 21.7 Å². The number of hydrogen-bond acceptors (Lipinski definition) is 6. The first-order valence-corrected chi connectivity index (χ1v) is 8.75. The van der Waals surface area contributed by atoms with Crippen molar-refractivity contribution < 1.29 is 13.5 Å². The third-order valence-corrected chi connectivity index (χ3v) is 4.48. The summed E-state index contributed by atoms with van der Waals surface area (Å²) in [6.45, 7) is 3.85. The Morgan fingerprint density at radius 2 is 2.15 bits per heavy atom. The molecule has 4 heterocycles. The van der Waals surface area contributed by atoms with Gasteiger partial charge in [-0.1, -0.05) is 0 Å². The van der Waals surface area contributed by atoms with E-state index in [0.717, 1.165) is 6.20 Å². The van der Waals surface area contributed by atoms with Gasteiger partial charge in [0.05, 0.1) is 36.8 Å². The van der Waals surface area contributed by atoms with Crippen molar-refractivity contribution in [2.75, 3.05) is 17.2 Å². The number of nitrogen functional groups attached to an aromatic ring is 1. The number of alkyl halides is 1. The van der Waals surface area contributed by atoms with Crippen molar-refractivity contribution in [1.82, 2.24) is 19.6 Å². The predicted molar refractivity (Wildman–Crippen MR) is 97.0 cm³/mol. The monoisotopic (exact) mass is 374 g/mol. The molecule has 2 N–H and O–H groups in total. The number of rotatable bonds is 4. The van der Waals surface area contributed by atoms with Crippen molar-refractivity contribution >= 4 is 17.2 Å². The predicted octanol–water partition coefficient (Wildman–Crippen LogP) is 2.92. The molecule has 2 atom stereocenters. The highest BCUT2D eigenvalue weighted by Crippen LogP contribution is 2.40. The Hall–Kier alpha value is -2.97. The van der Waals surface area contributed by atoms with Crippen LogP contribution in [0.1, 0.15) is 31.9 Å². The first-order chi connectivity index (χ1) is 12.9. The lowest BCUT2D eigenvalue weighted by Crippen LogP contribution is -2.26. The summed E-state index contributed by atoms with van der Waals surface area (Å²) < 4.78 is 35.5. The molecule has 0 radical (unpaired) electrons. The van der Waals surface area contributed by atoms with Crippen LogP contribution in [-0.2, 0) is 0 Å². The normalized spacial score (nSPS) is 20.0. The van der Waals surface area contributed by atoms with E-state index < -0.39 is 18.0 Å². The number of anilines is 2. The Labute approximate surface area is 154 Å². The second-order valence-corrected chi connectivity index (χ2v) is 6.87. The fourth-order valence-electron chi connectivity index (χ4n) is 3.37. The van der Waals surface area contributed by atoms with Crippen LogP contribution in [0.5, 0.6) is 5.88 Å². The van der Waals surface area contributed by atoms with Gasteiger partial charge < -0.3 is 15.4 Å². The van der Waals surface area contributed by atoms with Gasteiger partial charge in [0, 0.05) is 18.2 Å². The van der Waals surface area contributed by atoms with Gasteiger partial charge in [-0.2, -0.15) is 5.10 Å². The van der Waals surface area contributed by atoms with Gasteiger partial charge in [0.15, 0.2) is 5.65 Å². The number of pyridine rings is 1. The molecule has 4 rings (SSSR count). The molecule has 1 aliphatic rings. The standard InChI is InChI=1S/C18H20F2N6O/c1-10(2)27-18-13(5-11(19)7-22-18)15-6-12(20)9-25(15)16-3-4-26-17(24-16)14(21)8-23-26/h3-5,7-8,10,12,15H,6,9,21H2,1-2H3/t12-,15+/m0/s1. The van der Waals surface area contributed by atoms with Gasteiger partial charge in [-0.15, -0.1) is 0 Å². The molecule has 0 saturated carbocycles. The van der Waals surface area contributed by atoms with E-state index >= 15 is 0 Å². The second kappa shape index (κ2) is 6.64. The van der Waals surface area contributed by atoms with Crippen LogP contribution in [0, 0.1) is 5.82 Å². The van der Waals surface area contributed by atoms with Crippen molar-refractivity contribution in [3.05, 3.63) is 42.1 Å². The molecule has 27 heavy (non-hydrogen) atoms. The number of nitrogens with zero attached hydrogens (tertiary/aromatic N) is 5. The molecule has 0 spiro atoms. The number of aromatic nitrogens is 4. The lowest BCUT2D eigenvalue weighted by molar-refractivity contribution is 0.227. The molecule has 0 bridgehead atoms. The Morgan fingerprint density at radius 3 is 2.93 bits per heavy atom. The minimum Gasteiger partial charge on any atom is -0.475 e. The van der Waals surface area contributed by atoms with E-state index in [1.807, 2.05) is 13.8 Å². The fraction of sp³-hybridized carbons (Fsp3) is 0.389. The van der Waals surface area contributed by atoms with Gasteiger partial charge >= 0.3 is 0 Å². The summed E-state index contributed by atoms with van der Waals surface area (Å²) >= 11 is 0. The van der Waals surface area contributed by atoms with Gasteiger partial charge in [-0.05, 0) is 26.0 Å². The molecule has 0 amide bonds. The topological polar surface area (TPSA) is 81.6 Å². The second-order valence-electron chi connectivity index (χ2n) is 6.87. The molecule has 0 aromatic carbocycles. The summed E-state index contributed by atoms with van der Waals surface area (Å²) in [5.41, 5.74) is 7.33. The van der Waals surface area contributed by atoms with Crippen LogP contribution in [0.3, 0.4) is 0 Å². The molecule has 1 aliphatic heterocycles. The molecular formula is C18H20F2N6O. The maximum Gasteiger partial charge on any atom is 0.219 e. The summed E-state index contributed by atoms with van der Waals surface area (Å²) in [5.74, 6) is 0.354. The molecule has 0 aliphatic carbocycles. The number of ether oxygens (including phenoxy) is 1. The third kappa shape index (κ3) is 3.24. The highest BCUT2D eigenvalue weighted by atomic mass is 19.1. The zero-order valence-corrected chi connectivity index (χ0v) is 15.0. The molecule has 1 saturated heterocycles. The van der Waals surface area contributed by atoms with Crippen LogP contribution < -0.4 is 15.4 Å². The SMILES string of the molecule is CC(C)Oc1ncc(F)cc1[C@H]1C[C@H](F)CN1c1ccn2ncc(N)c2n1. The number of hydrogen-bond donors (Lipinski definition) is 1. The molecule has 142 valence electrons. The Balaban J connectivity index is 1.77. The van der Waals surface area contributed by atoms with Gasteiger partial charge in [0.25, 0.3) is 0 Å². The Kier molecular flexibility index (Phi) is 4.29. The van der Waals surface area contributed by atoms with Crippen molar-refractivity contribution in [2.24, 2.45) is 0 Å². The maximum atomic E-state index is 14.4. The lowest BCUT2D eigenvalue weighted by atomic mass is 10.1. The van der Waals surface area contributed by atoms with Crippen molar-refractivity contribution in [3.8, 4) is 5.88 Å². The fourth-order valence-corrected chi connectivity index (χ4v) is 3.37. The minimum atomic E-state index is -1.08. The summed E-state index contributed by atoms with van der Waals surface area (Å²) in [7, 11) is 0. The molecule has 0 unspecified atom stereocenters. The van der Waals surface area contributed by atoms with Crippen LogP contribution in [0.15, 0.2) is 30.7 Å². The van der Waals surface area contributed by atoms with E-state index in [2.05, 4.69) is 15.1 Å². The van der Waals surface area contributed by atoms with Gasteiger partial charge in [-0.3, -0.25) is 0 Å². The highest BCUT2D eigenvalue weighted by Gasteiger charge is 2.36. The average Bonchev–Trinajstić information content (AvgIpc) is 3.19. The largest absolute Gasteiger partial charge is 0.475 e. The van der Waals surface area contributed by atoms with Crippen molar-refractivity contribution in [2.45, 2.75) is 38.6 Å². The summed E-state index contributed by atoms with van der Waals surface area (Å²) in [6, 6.07) is 2.64. The van der Waals surface area contributed by atoms with E-state index in [1.165, 1.54) is 12.3 Å². The van der Waals surface area contributed by atoms with E-state index in [9.17, 15) is 8.78 Å². The Morgan fingerprint density at radius 1 is 1.33 bits per heavy atom. The smallest absolute Gasteiger partial charge is 0.219 e. The molecule has 3 aromatic heterocycles. The van der Waals surface area contributed by atoms with Gasteiger partial charge in [0.2, 0.25) is 5.88 Å². The first kappa shape index (κ1) is 17.4. The lowest BCUT2D eigenvalue weighted by Gasteiger charge is -2.27. The zero-order valence-electron chi connectivity index (χ0n) is 15.0. The van der Waals surface area contributed by atoms with Gasteiger partial charge in [-0.25, -0.2) is 23.3 Å². The number of halogens is 2. The van der Waals surface area contributed by atoms with E-state index in [-0.39, 0.29) is 19.1 Å². The van der Waals surface area contributed by atoms with E-state index in [0.29, 0.717) is 28.6 Å². The average molecular weight is 374 g/mol. The minimum absolute atomic E-state index is 0.138. The summed E-state index contributed by atoms with van der Waals surface area (Å²) in [4.78, 5) is 10.4. The first-order valence-electron chi connectivity index (χ1n) is 8.75. The molecule has 1 fully saturated rings. The van der Waals surface area contributed by atoms with Crippen LogP contribution in [0.25, 0.3) is 5.65 Å². The van der Waals surface area contributed by atoms with Crippen molar-refractivity contribution in [1.29, 1.82) is 0 Å². The van der Waals surface area contributed by atoms with Crippen LogP contribution >= 0.6 is 0 Å². The summed E-state index contributed by atoms with van der Waals surface area (Å²) in [6.07, 6.45) is 3.30. The molecule has 3 aromatic rings. The third-order valence-electron chi connectivity index (χ3n) is 4.48. The van der Waals surface area contributed by atoms with Crippen molar-refractivity contribution in [3.63, 3.8) is 0 Å². The molecular weight excluding hydrogens is 354 g/mol. The molecule has 9 heteroatoms. The Bertz CT molecular complexity index is 976. The van der Waals surface area contributed by atoms with E-state index in [4.69, 9.17) is 10.5 Å². The van der Waals surface area contributed by atoms with Crippen LogP contribution in [-0.4, -0.2) is 38.4 Å². The maximum absolute atomic E-state index is 14.4. The van der Waals surface area contributed by atoms with Crippen LogP contribution in [0.2, 0.25) is 0 Å². The quantitative estimate of drug-likeness (QED) is 0.756. The number of nitrogens with two attached hydrogens (primary N) is 1. The highest BCUT2D eigenvalue weighted by molar-refractivity contribution is 5.65.